The molecular formula is C15H10Br2F3NO2. The predicted molar refractivity (Wildman–Crippen MR) is 87.7 cm³/mol. The van der Waals surface area contributed by atoms with Gasteiger partial charge in [0, 0.05) is 11.4 Å². The first-order valence-corrected chi connectivity index (χ1v) is 7.87. The summed E-state index contributed by atoms with van der Waals surface area (Å²) in [5.74, 6) is -0.103. The van der Waals surface area contributed by atoms with Crippen LogP contribution in [-0.4, -0.2) is 5.91 Å². The Hall–Kier alpha value is -1.54. The van der Waals surface area contributed by atoms with E-state index in [0.717, 1.165) is 12.1 Å². The third-order valence-corrected chi connectivity index (χ3v) is 3.88. The fourth-order valence-corrected chi connectivity index (χ4v) is 2.44. The molecule has 0 heterocycles. The van der Waals surface area contributed by atoms with Crippen LogP contribution in [-0.2, 0) is 11.0 Å². The third-order valence-electron chi connectivity index (χ3n) is 2.73. The second-order valence-electron chi connectivity index (χ2n) is 4.57. The Balaban J connectivity index is 2.41. The standard InChI is InChI=1S/C15H10Br2F3NO2/c1-8(22)21-12-7-10(16)3-5-13(12)23-14-6-9(15(18,19)20)2-4-11(14)17/h2-7H,1H3,(H,21,22). The van der Waals surface area contributed by atoms with Gasteiger partial charge in [0.25, 0.3) is 0 Å². The van der Waals surface area contributed by atoms with Crippen LogP contribution in [0, 0.1) is 0 Å². The van der Waals surface area contributed by atoms with Gasteiger partial charge in [-0.2, -0.15) is 13.2 Å². The Kier molecular flexibility index (Phi) is 5.36. The number of rotatable bonds is 3. The average Bonchev–Trinajstić information content (AvgIpc) is 2.42. The molecule has 0 bridgehead atoms. The lowest BCUT2D eigenvalue weighted by Gasteiger charge is -2.15. The normalized spacial score (nSPS) is 11.2. The Bertz CT molecular complexity index is 748. The van der Waals surface area contributed by atoms with Crippen LogP contribution in [0.4, 0.5) is 18.9 Å². The minimum absolute atomic E-state index is 0.00579. The van der Waals surface area contributed by atoms with Gasteiger partial charge in [-0.3, -0.25) is 4.79 Å². The Morgan fingerprint density at radius 1 is 1.09 bits per heavy atom. The van der Waals surface area contributed by atoms with Crippen LogP contribution in [0.25, 0.3) is 0 Å². The van der Waals surface area contributed by atoms with E-state index >= 15 is 0 Å². The van der Waals surface area contributed by atoms with Crippen LogP contribution < -0.4 is 10.1 Å². The molecule has 0 fully saturated rings. The number of nitrogens with one attached hydrogen (secondary N) is 1. The molecule has 2 aromatic carbocycles. The minimum Gasteiger partial charge on any atom is -0.454 e. The van der Waals surface area contributed by atoms with E-state index in [0.29, 0.717) is 14.6 Å². The molecule has 23 heavy (non-hydrogen) atoms. The monoisotopic (exact) mass is 451 g/mol. The number of carbonyl (C=O) groups is 1. The molecule has 1 amide bonds. The van der Waals surface area contributed by atoms with E-state index in [1.54, 1.807) is 18.2 Å². The number of ether oxygens (including phenoxy) is 1. The lowest BCUT2D eigenvalue weighted by atomic mass is 10.2. The Morgan fingerprint density at radius 2 is 1.78 bits per heavy atom. The molecule has 0 spiro atoms. The summed E-state index contributed by atoms with van der Waals surface area (Å²) in [6.07, 6.45) is -4.47. The van der Waals surface area contributed by atoms with E-state index in [1.807, 2.05) is 0 Å². The summed E-state index contributed by atoms with van der Waals surface area (Å²) in [7, 11) is 0. The number of alkyl halides is 3. The molecule has 0 aromatic heterocycles. The predicted octanol–water partition coefficient (Wildman–Crippen LogP) is 5.98. The quantitative estimate of drug-likeness (QED) is 0.621. The van der Waals surface area contributed by atoms with E-state index in [-0.39, 0.29) is 17.4 Å². The van der Waals surface area contributed by atoms with E-state index in [9.17, 15) is 18.0 Å². The molecule has 3 nitrogen and oxygen atoms in total. The van der Waals surface area contributed by atoms with E-state index in [4.69, 9.17) is 4.74 Å². The topological polar surface area (TPSA) is 38.3 Å². The Morgan fingerprint density at radius 3 is 2.39 bits per heavy atom. The first kappa shape index (κ1) is 17.8. The van der Waals surface area contributed by atoms with Crippen LogP contribution in [0.3, 0.4) is 0 Å². The zero-order chi connectivity index (χ0) is 17.2. The number of amides is 1. The SMILES string of the molecule is CC(=O)Nc1cc(Br)ccc1Oc1cc(C(F)(F)F)ccc1Br. The summed E-state index contributed by atoms with van der Waals surface area (Å²) in [5, 5.41) is 2.57. The summed E-state index contributed by atoms with van der Waals surface area (Å²) in [5.41, 5.74) is -0.481. The van der Waals surface area contributed by atoms with Gasteiger partial charge in [-0.15, -0.1) is 0 Å². The number of carbonyl (C=O) groups excluding carboxylic acids is 1. The van der Waals surface area contributed by atoms with Crippen molar-refractivity contribution in [3.63, 3.8) is 0 Å². The molecule has 0 aliphatic carbocycles. The van der Waals surface area contributed by atoms with E-state index in [2.05, 4.69) is 37.2 Å². The van der Waals surface area contributed by atoms with Gasteiger partial charge in [0.2, 0.25) is 5.91 Å². The van der Waals surface area contributed by atoms with Crippen molar-refractivity contribution >= 4 is 43.5 Å². The van der Waals surface area contributed by atoms with Gasteiger partial charge >= 0.3 is 6.18 Å². The van der Waals surface area contributed by atoms with Crippen LogP contribution in [0.1, 0.15) is 12.5 Å². The summed E-state index contributed by atoms with van der Waals surface area (Å²) < 4.78 is 45.0. The molecule has 0 radical (unpaired) electrons. The van der Waals surface area contributed by atoms with Gasteiger partial charge < -0.3 is 10.1 Å². The molecule has 2 rings (SSSR count). The molecule has 2 aromatic rings. The third kappa shape index (κ3) is 4.71. The van der Waals surface area contributed by atoms with Crippen molar-refractivity contribution in [1.82, 2.24) is 0 Å². The maximum absolute atomic E-state index is 12.8. The number of hydrogen-bond donors (Lipinski definition) is 1. The minimum atomic E-state index is -4.47. The van der Waals surface area contributed by atoms with Gasteiger partial charge in [-0.05, 0) is 52.3 Å². The maximum atomic E-state index is 12.8. The average molecular weight is 453 g/mol. The van der Waals surface area contributed by atoms with E-state index in [1.165, 1.54) is 13.0 Å². The van der Waals surface area contributed by atoms with Crippen molar-refractivity contribution in [1.29, 1.82) is 0 Å². The first-order chi connectivity index (χ1) is 10.7. The first-order valence-electron chi connectivity index (χ1n) is 6.28. The lowest BCUT2D eigenvalue weighted by Crippen LogP contribution is -2.07. The Labute approximate surface area is 147 Å². The molecule has 0 atom stereocenters. The van der Waals surface area contributed by atoms with Gasteiger partial charge in [0.05, 0.1) is 15.7 Å². The molecule has 0 unspecified atom stereocenters. The smallest absolute Gasteiger partial charge is 0.416 e. The van der Waals surface area contributed by atoms with Crippen molar-refractivity contribution in [3.05, 3.63) is 50.9 Å². The van der Waals surface area contributed by atoms with Crippen molar-refractivity contribution in [3.8, 4) is 11.5 Å². The van der Waals surface area contributed by atoms with Gasteiger partial charge in [-0.25, -0.2) is 0 Å². The highest BCUT2D eigenvalue weighted by Crippen LogP contribution is 2.39. The highest BCUT2D eigenvalue weighted by Gasteiger charge is 2.31. The highest BCUT2D eigenvalue weighted by atomic mass is 79.9. The largest absolute Gasteiger partial charge is 0.454 e. The molecular weight excluding hydrogens is 443 g/mol. The highest BCUT2D eigenvalue weighted by molar-refractivity contribution is 9.10. The second kappa shape index (κ2) is 6.92. The molecule has 8 heteroatoms. The van der Waals surface area contributed by atoms with Crippen LogP contribution in [0.2, 0.25) is 0 Å². The van der Waals surface area contributed by atoms with Crippen LogP contribution in [0.15, 0.2) is 45.3 Å². The van der Waals surface area contributed by atoms with E-state index < -0.39 is 11.7 Å². The molecule has 0 saturated carbocycles. The lowest BCUT2D eigenvalue weighted by molar-refractivity contribution is -0.137. The summed E-state index contributed by atoms with van der Waals surface area (Å²) in [4.78, 5) is 11.2. The van der Waals surface area contributed by atoms with Crippen LogP contribution in [0.5, 0.6) is 11.5 Å². The number of halogens is 5. The van der Waals surface area contributed by atoms with Gasteiger partial charge in [-0.1, -0.05) is 15.9 Å². The molecule has 1 N–H and O–H groups in total. The zero-order valence-electron chi connectivity index (χ0n) is 11.7. The number of anilines is 1. The molecule has 0 aliphatic rings. The number of hydrogen-bond acceptors (Lipinski definition) is 2. The summed E-state index contributed by atoms with van der Waals surface area (Å²) in [6.45, 7) is 1.32. The fraction of sp³-hybridized carbons (Fsp3) is 0.133. The van der Waals surface area contributed by atoms with Crippen LogP contribution >= 0.6 is 31.9 Å². The molecule has 0 saturated heterocycles. The molecule has 0 aliphatic heterocycles. The molecule has 122 valence electrons. The maximum Gasteiger partial charge on any atom is 0.416 e. The summed E-state index contributed by atoms with van der Waals surface area (Å²) >= 11 is 6.41. The van der Waals surface area contributed by atoms with Crippen molar-refractivity contribution in [2.45, 2.75) is 13.1 Å². The fourth-order valence-electron chi connectivity index (χ4n) is 1.75. The zero-order valence-corrected chi connectivity index (χ0v) is 14.8. The second-order valence-corrected chi connectivity index (χ2v) is 6.34. The van der Waals surface area contributed by atoms with Gasteiger partial charge in [0.15, 0.2) is 5.75 Å². The van der Waals surface area contributed by atoms with Crippen molar-refractivity contribution in [2.24, 2.45) is 0 Å². The van der Waals surface area contributed by atoms with Gasteiger partial charge in [0.1, 0.15) is 5.75 Å². The summed E-state index contributed by atoms with van der Waals surface area (Å²) in [6, 6.07) is 7.90. The number of benzene rings is 2. The van der Waals surface area contributed by atoms with Crippen molar-refractivity contribution in [2.75, 3.05) is 5.32 Å². The van der Waals surface area contributed by atoms with Crippen molar-refractivity contribution < 1.29 is 22.7 Å².